The number of hydrogen-bond donors (Lipinski definition) is 1. The summed E-state index contributed by atoms with van der Waals surface area (Å²) in [4.78, 5) is 22.7. The molecule has 0 aromatic carbocycles. The summed E-state index contributed by atoms with van der Waals surface area (Å²) < 4.78 is 9.95. The zero-order chi connectivity index (χ0) is 13.2. The highest BCUT2D eigenvalue weighted by atomic mass is 16.6. The van der Waals surface area contributed by atoms with Crippen molar-refractivity contribution in [1.82, 2.24) is 5.32 Å². The van der Waals surface area contributed by atoms with E-state index in [1.165, 1.54) is 6.42 Å². The molecule has 0 saturated heterocycles. The maximum absolute atomic E-state index is 11.6. The summed E-state index contributed by atoms with van der Waals surface area (Å²) in [5, 5.41) is 2.58. The van der Waals surface area contributed by atoms with Crippen LogP contribution in [0.5, 0.6) is 0 Å². The average molecular weight is 257 g/mol. The van der Waals surface area contributed by atoms with Crippen molar-refractivity contribution in [3.05, 3.63) is 0 Å². The molecule has 0 unspecified atom stereocenters. The van der Waals surface area contributed by atoms with Crippen LogP contribution in [0.4, 0.5) is 4.79 Å². The van der Waals surface area contributed by atoms with Gasteiger partial charge in [-0.05, 0) is 19.3 Å². The summed E-state index contributed by atoms with van der Waals surface area (Å²) in [6.45, 7) is 2.83. The zero-order valence-electron chi connectivity index (χ0n) is 11.1. The maximum Gasteiger partial charge on any atom is 0.407 e. The molecule has 1 amide bonds. The molecule has 1 aliphatic rings. The van der Waals surface area contributed by atoms with Gasteiger partial charge in [0.05, 0.1) is 5.92 Å². The molecule has 0 heterocycles. The lowest BCUT2D eigenvalue weighted by atomic mass is 9.89. The van der Waals surface area contributed by atoms with E-state index in [0.717, 1.165) is 32.1 Å². The molecule has 1 saturated carbocycles. The van der Waals surface area contributed by atoms with Crippen molar-refractivity contribution in [2.24, 2.45) is 5.92 Å². The standard InChI is InChI=1S/C13H23NO4/c1-2-8-14-13(16)18-10-9-17-12(15)11-6-4-3-5-7-11/h11H,2-10H2,1H3,(H,14,16). The van der Waals surface area contributed by atoms with Crippen molar-refractivity contribution in [1.29, 1.82) is 0 Å². The van der Waals surface area contributed by atoms with Crippen LogP contribution in [-0.2, 0) is 14.3 Å². The Bertz CT molecular complexity index is 262. The van der Waals surface area contributed by atoms with Crippen molar-refractivity contribution in [2.75, 3.05) is 19.8 Å². The van der Waals surface area contributed by atoms with Crippen LogP contribution in [0.2, 0.25) is 0 Å². The molecule has 1 fully saturated rings. The van der Waals surface area contributed by atoms with Gasteiger partial charge in [0.25, 0.3) is 0 Å². The number of rotatable bonds is 6. The normalized spacial score (nSPS) is 16.1. The SMILES string of the molecule is CCCNC(=O)OCCOC(=O)C1CCCCC1. The molecule has 18 heavy (non-hydrogen) atoms. The molecule has 5 nitrogen and oxygen atoms in total. The van der Waals surface area contributed by atoms with E-state index in [9.17, 15) is 9.59 Å². The maximum atomic E-state index is 11.6. The molecule has 0 atom stereocenters. The number of nitrogens with one attached hydrogen (secondary N) is 1. The van der Waals surface area contributed by atoms with Gasteiger partial charge in [-0.25, -0.2) is 4.79 Å². The highest BCUT2D eigenvalue weighted by molar-refractivity contribution is 5.72. The first-order valence-electron chi connectivity index (χ1n) is 6.81. The van der Waals surface area contributed by atoms with Crippen molar-refractivity contribution in [2.45, 2.75) is 45.4 Å². The summed E-state index contributed by atoms with van der Waals surface area (Å²) in [7, 11) is 0. The fraction of sp³-hybridized carbons (Fsp3) is 0.846. The van der Waals surface area contributed by atoms with Crippen LogP contribution >= 0.6 is 0 Å². The van der Waals surface area contributed by atoms with Gasteiger partial charge in [-0.3, -0.25) is 4.79 Å². The summed E-state index contributed by atoms with van der Waals surface area (Å²) in [6, 6.07) is 0. The van der Waals surface area contributed by atoms with E-state index >= 15 is 0 Å². The first kappa shape index (κ1) is 14.8. The smallest absolute Gasteiger partial charge is 0.407 e. The van der Waals surface area contributed by atoms with Gasteiger partial charge in [-0.2, -0.15) is 0 Å². The predicted molar refractivity (Wildman–Crippen MR) is 67.2 cm³/mol. The van der Waals surface area contributed by atoms with Gasteiger partial charge in [0.2, 0.25) is 0 Å². The van der Waals surface area contributed by atoms with E-state index < -0.39 is 6.09 Å². The Labute approximate surface area is 108 Å². The Morgan fingerprint density at radius 2 is 1.78 bits per heavy atom. The number of carbonyl (C=O) groups excluding carboxylic acids is 2. The Morgan fingerprint density at radius 1 is 1.11 bits per heavy atom. The third kappa shape index (κ3) is 5.89. The van der Waals surface area contributed by atoms with E-state index in [1.807, 2.05) is 6.92 Å². The summed E-state index contributed by atoms with van der Waals surface area (Å²) in [6.07, 6.45) is 5.69. The number of amides is 1. The lowest BCUT2D eigenvalue weighted by Gasteiger charge is -2.19. The zero-order valence-corrected chi connectivity index (χ0v) is 11.1. The first-order chi connectivity index (χ1) is 8.74. The quantitative estimate of drug-likeness (QED) is 0.585. The minimum absolute atomic E-state index is 0.0488. The second-order valence-corrected chi connectivity index (χ2v) is 4.57. The van der Waals surface area contributed by atoms with Gasteiger partial charge >= 0.3 is 12.1 Å². The van der Waals surface area contributed by atoms with Gasteiger partial charge in [-0.1, -0.05) is 26.2 Å². The number of hydrogen-bond acceptors (Lipinski definition) is 4. The Hall–Kier alpha value is -1.26. The molecule has 0 aromatic rings. The van der Waals surface area contributed by atoms with Crippen molar-refractivity contribution >= 4 is 12.1 Å². The molecule has 1 N–H and O–H groups in total. The molecule has 0 spiro atoms. The number of ether oxygens (including phenoxy) is 2. The van der Waals surface area contributed by atoms with Crippen LogP contribution in [0.15, 0.2) is 0 Å². The van der Waals surface area contributed by atoms with E-state index in [2.05, 4.69) is 5.32 Å². The number of esters is 1. The molecule has 0 aromatic heterocycles. The summed E-state index contributed by atoms with van der Waals surface area (Å²) in [5.41, 5.74) is 0. The molecule has 1 aliphatic carbocycles. The fourth-order valence-corrected chi connectivity index (χ4v) is 2.01. The highest BCUT2D eigenvalue weighted by Gasteiger charge is 2.22. The molecule has 0 radical (unpaired) electrons. The predicted octanol–water partition coefficient (Wildman–Crippen LogP) is 2.25. The summed E-state index contributed by atoms with van der Waals surface area (Å²) in [5.74, 6) is -0.0973. The van der Waals surface area contributed by atoms with Gasteiger partial charge in [0, 0.05) is 6.54 Å². The van der Waals surface area contributed by atoms with Gasteiger partial charge in [-0.15, -0.1) is 0 Å². The number of carbonyl (C=O) groups is 2. The van der Waals surface area contributed by atoms with Crippen LogP contribution < -0.4 is 5.32 Å². The van der Waals surface area contributed by atoms with E-state index in [-0.39, 0.29) is 25.1 Å². The monoisotopic (exact) mass is 257 g/mol. The van der Waals surface area contributed by atoms with Crippen molar-refractivity contribution in [3.63, 3.8) is 0 Å². The minimum atomic E-state index is -0.453. The van der Waals surface area contributed by atoms with E-state index in [0.29, 0.717) is 6.54 Å². The molecular weight excluding hydrogens is 234 g/mol. The Kier molecular flexibility index (Phi) is 7.22. The molecule has 104 valence electrons. The third-order valence-electron chi connectivity index (χ3n) is 3.02. The molecule has 0 bridgehead atoms. The lowest BCUT2D eigenvalue weighted by molar-refractivity contribution is -0.150. The lowest BCUT2D eigenvalue weighted by Crippen LogP contribution is -2.27. The van der Waals surface area contributed by atoms with Crippen molar-refractivity contribution in [3.8, 4) is 0 Å². The molecule has 1 rings (SSSR count). The molecule has 5 heteroatoms. The average Bonchev–Trinajstić information content (AvgIpc) is 2.42. The van der Waals surface area contributed by atoms with Gasteiger partial charge in [0.15, 0.2) is 0 Å². The third-order valence-corrected chi connectivity index (χ3v) is 3.02. The van der Waals surface area contributed by atoms with Crippen LogP contribution in [0, 0.1) is 5.92 Å². The van der Waals surface area contributed by atoms with Crippen LogP contribution in [0.3, 0.4) is 0 Å². The van der Waals surface area contributed by atoms with Crippen molar-refractivity contribution < 1.29 is 19.1 Å². The topological polar surface area (TPSA) is 64.6 Å². The van der Waals surface area contributed by atoms with Crippen LogP contribution in [0.25, 0.3) is 0 Å². The van der Waals surface area contributed by atoms with E-state index in [4.69, 9.17) is 9.47 Å². The Balaban J connectivity index is 2.02. The van der Waals surface area contributed by atoms with E-state index in [1.54, 1.807) is 0 Å². The summed E-state index contributed by atoms with van der Waals surface area (Å²) >= 11 is 0. The minimum Gasteiger partial charge on any atom is -0.462 e. The largest absolute Gasteiger partial charge is 0.462 e. The molecular formula is C13H23NO4. The fourth-order valence-electron chi connectivity index (χ4n) is 2.01. The second kappa shape index (κ2) is 8.78. The number of alkyl carbamates (subject to hydrolysis) is 1. The van der Waals surface area contributed by atoms with Crippen LogP contribution in [-0.4, -0.2) is 31.8 Å². The van der Waals surface area contributed by atoms with Gasteiger partial charge < -0.3 is 14.8 Å². The highest BCUT2D eigenvalue weighted by Crippen LogP contribution is 2.24. The van der Waals surface area contributed by atoms with Crippen LogP contribution in [0.1, 0.15) is 45.4 Å². The molecule has 0 aliphatic heterocycles. The first-order valence-corrected chi connectivity index (χ1v) is 6.81. The van der Waals surface area contributed by atoms with Gasteiger partial charge in [0.1, 0.15) is 13.2 Å². The second-order valence-electron chi connectivity index (χ2n) is 4.57. The Morgan fingerprint density at radius 3 is 2.44 bits per heavy atom.